The Bertz CT molecular complexity index is 967. The third-order valence-corrected chi connectivity index (χ3v) is 4.83. The third kappa shape index (κ3) is 3.49. The molecule has 1 amide bonds. The SMILES string of the molecule is CCCn1nc(C)c(NC(=O)c2ccc(-c3noc(C4CC4)n3)cc2)c1C. The van der Waals surface area contributed by atoms with Crippen molar-refractivity contribution in [3.63, 3.8) is 0 Å². The Kier molecular flexibility index (Phi) is 4.51. The van der Waals surface area contributed by atoms with Crippen molar-refractivity contribution < 1.29 is 9.32 Å². The number of nitrogens with zero attached hydrogens (tertiary/aromatic N) is 4. The fraction of sp³-hybridized carbons (Fsp3) is 0.400. The molecule has 7 heteroatoms. The van der Waals surface area contributed by atoms with E-state index in [0.717, 1.165) is 48.4 Å². The number of benzene rings is 1. The molecule has 0 spiro atoms. The highest BCUT2D eigenvalue weighted by molar-refractivity contribution is 6.05. The molecule has 1 aliphatic carbocycles. The Morgan fingerprint density at radius 3 is 2.67 bits per heavy atom. The summed E-state index contributed by atoms with van der Waals surface area (Å²) < 4.78 is 7.23. The van der Waals surface area contributed by atoms with Crippen LogP contribution >= 0.6 is 0 Å². The molecule has 4 rings (SSSR count). The van der Waals surface area contributed by atoms with Crippen molar-refractivity contribution in [3.8, 4) is 11.4 Å². The van der Waals surface area contributed by atoms with Crippen molar-refractivity contribution in [3.05, 3.63) is 47.1 Å². The number of rotatable bonds is 6. The molecule has 0 unspecified atom stereocenters. The van der Waals surface area contributed by atoms with Crippen molar-refractivity contribution >= 4 is 11.6 Å². The zero-order valence-corrected chi connectivity index (χ0v) is 15.8. The average molecular weight is 365 g/mol. The predicted octanol–water partition coefficient (Wildman–Crippen LogP) is 4.09. The Morgan fingerprint density at radius 1 is 1.26 bits per heavy atom. The molecule has 1 aromatic carbocycles. The van der Waals surface area contributed by atoms with Crippen LogP contribution in [-0.2, 0) is 6.54 Å². The minimum Gasteiger partial charge on any atom is -0.339 e. The van der Waals surface area contributed by atoms with Gasteiger partial charge in [0.25, 0.3) is 5.91 Å². The van der Waals surface area contributed by atoms with Crippen molar-refractivity contribution in [2.24, 2.45) is 0 Å². The summed E-state index contributed by atoms with van der Waals surface area (Å²) in [5.41, 5.74) is 3.99. The third-order valence-electron chi connectivity index (χ3n) is 4.83. The van der Waals surface area contributed by atoms with Gasteiger partial charge in [0, 0.05) is 23.6 Å². The second-order valence-electron chi connectivity index (χ2n) is 7.03. The van der Waals surface area contributed by atoms with E-state index in [4.69, 9.17) is 4.52 Å². The molecule has 0 aliphatic heterocycles. The van der Waals surface area contributed by atoms with Crippen LogP contribution in [0.5, 0.6) is 0 Å². The van der Waals surface area contributed by atoms with Crippen molar-refractivity contribution in [1.82, 2.24) is 19.9 Å². The number of carbonyl (C=O) groups is 1. The number of hydrogen-bond acceptors (Lipinski definition) is 5. The van der Waals surface area contributed by atoms with Gasteiger partial charge in [-0.05, 0) is 45.2 Å². The molecule has 2 aromatic heterocycles. The maximum Gasteiger partial charge on any atom is 0.255 e. The zero-order valence-electron chi connectivity index (χ0n) is 15.8. The van der Waals surface area contributed by atoms with Crippen LogP contribution in [0.1, 0.15) is 59.7 Å². The van der Waals surface area contributed by atoms with Crippen LogP contribution in [0.25, 0.3) is 11.4 Å². The highest BCUT2D eigenvalue weighted by Crippen LogP contribution is 2.39. The topological polar surface area (TPSA) is 85.8 Å². The average Bonchev–Trinajstić information content (AvgIpc) is 3.35. The number of carbonyl (C=O) groups excluding carboxylic acids is 1. The van der Waals surface area contributed by atoms with Crippen LogP contribution < -0.4 is 5.32 Å². The van der Waals surface area contributed by atoms with Gasteiger partial charge in [-0.1, -0.05) is 24.2 Å². The number of aryl methyl sites for hydroxylation is 2. The molecule has 27 heavy (non-hydrogen) atoms. The quantitative estimate of drug-likeness (QED) is 0.711. The molecule has 0 radical (unpaired) electrons. The van der Waals surface area contributed by atoms with Gasteiger partial charge in [-0.25, -0.2) is 0 Å². The van der Waals surface area contributed by atoms with Gasteiger partial charge in [0.2, 0.25) is 11.7 Å². The minimum absolute atomic E-state index is 0.157. The van der Waals surface area contributed by atoms with E-state index in [-0.39, 0.29) is 5.91 Å². The summed E-state index contributed by atoms with van der Waals surface area (Å²) >= 11 is 0. The number of amides is 1. The first-order valence-corrected chi connectivity index (χ1v) is 9.36. The predicted molar refractivity (Wildman–Crippen MR) is 102 cm³/mol. The summed E-state index contributed by atoms with van der Waals surface area (Å²) in [6, 6.07) is 7.24. The fourth-order valence-corrected chi connectivity index (χ4v) is 3.11. The van der Waals surface area contributed by atoms with Crippen LogP contribution in [-0.4, -0.2) is 25.8 Å². The number of aromatic nitrogens is 4. The molecule has 3 aromatic rings. The van der Waals surface area contributed by atoms with Crippen LogP contribution in [0.3, 0.4) is 0 Å². The Labute approximate surface area is 157 Å². The lowest BCUT2D eigenvalue weighted by Crippen LogP contribution is -2.13. The Morgan fingerprint density at radius 2 is 2.00 bits per heavy atom. The van der Waals surface area contributed by atoms with E-state index in [1.165, 1.54) is 0 Å². The van der Waals surface area contributed by atoms with Gasteiger partial charge in [0.05, 0.1) is 17.1 Å². The Balaban J connectivity index is 1.49. The van der Waals surface area contributed by atoms with Gasteiger partial charge >= 0.3 is 0 Å². The van der Waals surface area contributed by atoms with E-state index >= 15 is 0 Å². The Hall–Kier alpha value is -2.96. The van der Waals surface area contributed by atoms with Gasteiger partial charge in [-0.2, -0.15) is 10.1 Å². The van der Waals surface area contributed by atoms with Crippen molar-refractivity contribution in [2.45, 2.75) is 52.5 Å². The zero-order chi connectivity index (χ0) is 19.0. The summed E-state index contributed by atoms with van der Waals surface area (Å²) in [6.07, 6.45) is 3.23. The van der Waals surface area contributed by atoms with Crippen LogP contribution in [0.2, 0.25) is 0 Å². The molecule has 1 fully saturated rings. The van der Waals surface area contributed by atoms with Gasteiger partial charge in [0.1, 0.15) is 0 Å². The first-order valence-electron chi connectivity index (χ1n) is 9.36. The normalized spacial score (nSPS) is 13.7. The molecule has 0 bridgehead atoms. The van der Waals surface area contributed by atoms with E-state index in [1.807, 2.05) is 30.7 Å². The second-order valence-corrected chi connectivity index (χ2v) is 7.03. The summed E-state index contributed by atoms with van der Waals surface area (Å²) in [7, 11) is 0. The molecule has 0 atom stereocenters. The number of anilines is 1. The minimum atomic E-state index is -0.157. The highest BCUT2D eigenvalue weighted by Gasteiger charge is 2.29. The van der Waals surface area contributed by atoms with E-state index in [0.29, 0.717) is 23.2 Å². The lowest BCUT2D eigenvalue weighted by atomic mass is 10.1. The summed E-state index contributed by atoms with van der Waals surface area (Å²) in [5, 5.41) is 11.5. The smallest absolute Gasteiger partial charge is 0.255 e. The number of hydrogen-bond donors (Lipinski definition) is 1. The maximum atomic E-state index is 12.6. The molecule has 1 saturated carbocycles. The highest BCUT2D eigenvalue weighted by atomic mass is 16.5. The molecular formula is C20H23N5O2. The summed E-state index contributed by atoms with van der Waals surface area (Å²) in [4.78, 5) is 17.1. The van der Waals surface area contributed by atoms with Crippen LogP contribution in [0, 0.1) is 13.8 Å². The molecule has 1 N–H and O–H groups in total. The van der Waals surface area contributed by atoms with Crippen LogP contribution in [0.4, 0.5) is 5.69 Å². The maximum absolute atomic E-state index is 12.6. The summed E-state index contributed by atoms with van der Waals surface area (Å²) in [5.74, 6) is 1.55. The molecule has 140 valence electrons. The first-order chi connectivity index (χ1) is 13.1. The van der Waals surface area contributed by atoms with E-state index < -0.39 is 0 Å². The van der Waals surface area contributed by atoms with Gasteiger partial charge in [-0.3, -0.25) is 9.48 Å². The van der Waals surface area contributed by atoms with Gasteiger partial charge in [0.15, 0.2) is 0 Å². The fourth-order valence-electron chi connectivity index (χ4n) is 3.11. The molecule has 2 heterocycles. The lowest BCUT2D eigenvalue weighted by Gasteiger charge is -2.07. The second kappa shape index (κ2) is 6.98. The summed E-state index contributed by atoms with van der Waals surface area (Å²) in [6.45, 7) is 6.83. The molecular weight excluding hydrogens is 342 g/mol. The monoisotopic (exact) mass is 365 g/mol. The lowest BCUT2D eigenvalue weighted by molar-refractivity contribution is 0.102. The standard InChI is InChI=1S/C20H23N5O2/c1-4-11-25-13(3)17(12(2)23-25)21-19(26)15-7-5-14(6-8-15)18-22-20(27-24-18)16-9-10-16/h5-8,16H,4,9-11H2,1-3H3,(H,21,26). The van der Waals surface area contributed by atoms with E-state index in [1.54, 1.807) is 12.1 Å². The largest absolute Gasteiger partial charge is 0.339 e. The molecule has 1 aliphatic rings. The van der Waals surface area contributed by atoms with E-state index in [9.17, 15) is 4.79 Å². The van der Waals surface area contributed by atoms with Crippen molar-refractivity contribution in [2.75, 3.05) is 5.32 Å². The first kappa shape index (κ1) is 17.5. The van der Waals surface area contributed by atoms with Crippen LogP contribution in [0.15, 0.2) is 28.8 Å². The van der Waals surface area contributed by atoms with E-state index in [2.05, 4.69) is 27.5 Å². The van der Waals surface area contributed by atoms with Gasteiger partial charge < -0.3 is 9.84 Å². The molecule has 7 nitrogen and oxygen atoms in total. The molecule has 0 saturated heterocycles. The number of nitrogens with one attached hydrogen (secondary N) is 1. The van der Waals surface area contributed by atoms with Crippen molar-refractivity contribution in [1.29, 1.82) is 0 Å². The van der Waals surface area contributed by atoms with Gasteiger partial charge in [-0.15, -0.1) is 0 Å².